The molecule has 0 heterocycles. The van der Waals surface area contributed by atoms with Gasteiger partial charge < -0.3 is 11.1 Å². The Labute approximate surface area is 104 Å². The molecule has 1 fully saturated rings. The van der Waals surface area contributed by atoms with Crippen LogP contribution in [0, 0.1) is 5.92 Å². The van der Waals surface area contributed by atoms with Crippen molar-refractivity contribution in [1.82, 2.24) is 5.32 Å². The fourth-order valence-corrected chi connectivity index (χ4v) is 2.13. The molecule has 1 atom stereocenters. The van der Waals surface area contributed by atoms with Gasteiger partial charge in [-0.3, -0.25) is 9.59 Å². The van der Waals surface area contributed by atoms with Gasteiger partial charge in [-0.25, -0.2) is 0 Å². The number of alkyl halides is 1. The molecular formula is C11H19BrN2O2. The van der Waals surface area contributed by atoms with E-state index in [1.165, 1.54) is 0 Å². The number of hydrogen-bond donors (Lipinski definition) is 2. The van der Waals surface area contributed by atoms with Gasteiger partial charge in [0.05, 0.1) is 4.83 Å². The average molecular weight is 291 g/mol. The van der Waals surface area contributed by atoms with E-state index in [4.69, 9.17) is 5.73 Å². The molecule has 4 nitrogen and oxygen atoms in total. The molecule has 16 heavy (non-hydrogen) atoms. The molecule has 1 unspecified atom stereocenters. The molecular weight excluding hydrogens is 272 g/mol. The summed E-state index contributed by atoms with van der Waals surface area (Å²) in [6, 6.07) is 0.203. The molecule has 0 spiro atoms. The smallest absolute Gasteiger partial charge is 0.233 e. The fraction of sp³-hybridized carbons (Fsp3) is 0.818. The van der Waals surface area contributed by atoms with Gasteiger partial charge in [0.25, 0.3) is 0 Å². The zero-order valence-electron chi connectivity index (χ0n) is 9.54. The van der Waals surface area contributed by atoms with E-state index in [1.807, 2.05) is 6.92 Å². The van der Waals surface area contributed by atoms with Crippen molar-refractivity contribution < 1.29 is 9.59 Å². The van der Waals surface area contributed by atoms with Crippen molar-refractivity contribution in [3.8, 4) is 0 Å². The van der Waals surface area contributed by atoms with Gasteiger partial charge in [0.1, 0.15) is 0 Å². The Kier molecular flexibility index (Phi) is 5.25. The lowest BCUT2D eigenvalue weighted by atomic mass is 9.85. The molecule has 5 heteroatoms. The topological polar surface area (TPSA) is 72.2 Å². The predicted octanol–water partition coefficient (Wildman–Crippen LogP) is 1.32. The highest BCUT2D eigenvalue weighted by molar-refractivity contribution is 9.10. The van der Waals surface area contributed by atoms with Crippen molar-refractivity contribution in [2.45, 2.75) is 49.9 Å². The Morgan fingerprint density at radius 3 is 2.38 bits per heavy atom. The third kappa shape index (κ3) is 3.77. The number of rotatable bonds is 4. The molecule has 0 saturated heterocycles. The molecule has 92 valence electrons. The summed E-state index contributed by atoms with van der Waals surface area (Å²) in [4.78, 5) is 22.5. The van der Waals surface area contributed by atoms with Crippen molar-refractivity contribution in [1.29, 1.82) is 0 Å². The quantitative estimate of drug-likeness (QED) is 0.767. The van der Waals surface area contributed by atoms with Crippen LogP contribution in [0.1, 0.15) is 39.0 Å². The summed E-state index contributed by atoms with van der Waals surface area (Å²) < 4.78 is 0. The number of hydrogen-bond acceptors (Lipinski definition) is 2. The minimum absolute atomic E-state index is 0.000839. The van der Waals surface area contributed by atoms with E-state index in [2.05, 4.69) is 21.2 Å². The summed E-state index contributed by atoms with van der Waals surface area (Å²) in [7, 11) is 0. The Bertz CT molecular complexity index is 263. The Hall–Kier alpha value is -0.580. The van der Waals surface area contributed by atoms with E-state index in [9.17, 15) is 9.59 Å². The predicted molar refractivity (Wildman–Crippen MR) is 66.1 cm³/mol. The minimum Gasteiger partial charge on any atom is -0.369 e. The van der Waals surface area contributed by atoms with Crippen LogP contribution >= 0.6 is 15.9 Å². The highest BCUT2D eigenvalue weighted by Crippen LogP contribution is 2.24. The Balaban J connectivity index is 2.32. The molecule has 1 aliphatic rings. The van der Waals surface area contributed by atoms with Crippen LogP contribution in [0.2, 0.25) is 0 Å². The number of halogens is 1. The molecule has 3 N–H and O–H groups in total. The summed E-state index contributed by atoms with van der Waals surface area (Å²) >= 11 is 3.32. The van der Waals surface area contributed by atoms with Crippen LogP contribution in [0.4, 0.5) is 0 Å². The third-order valence-electron chi connectivity index (χ3n) is 3.12. The van der Waals surface area contributed by atoms with Crippen molar-refractivity contribution in [3.63, 3.8) is 0 Å². The van der Waals surface area contributed by atoms with Crippen molar-refractivity contribution >= 4 is 27.7 Å². The van der Waals surface area contributed by atoms with Crippen LogP contribution < -0.4 is 11.1 Å². The SMILES string of the molecule is CCC(Br)C(=O)NC1CCC(C(N)=O)CC1. The third-order valence-corrected chi connectivity index (χ3v) is 4.18. The zero-order valence-corrected chi connectivity index (χ0v) is 11.1. The van der Waals surface area contributed by atoms with Gasteiger partial charge in [-0.2, -0.15) is 0 Å². The lowest BCUT2D eigenvalue weighted by molar-refractivity contribution is -0.123. The summed E-state index contributed by atoms with van der Waals surface area (Å²) in [5.41, 5.74) is 5.25. The first-order valence-corrected chi connectivity index (χ1v) is 6.70. The molecule has 0 aromatic heterocycles. The molecule has 0 aromatic carbocycles. The number of primary amides is 1. The molecule has 0 radical (unpaired) electrons. The van der Waals surface area contributed by atoms with E-state index in [1.54, 1.807) is 0 Å². The van der Waals surface area contributed by atoms with Crippen LogP contribution in [0.15, 0.2) is 0 Å². The maximum atomic E-state index is 11.6. The Morgan fingerprint density at radius 1 is 1.38 bits per heavy atom. The Morgan fingerprint density at radius 2 is 1.94 bits per heavy atom. The van der Waals surface area contributed by atoms with E-state index < -0.39 is 0 Å². The second-order valence-corrected chi connectivity index (χ2v) is 5.44. The number of amides is 2. The van der Waals surface area contributed by atoms with Gasteiger partial charge in [-0.05, 0) is 32.1 Å². The zero-order chi connectivity index (χ0) is 12.1. The van der Waals surface area contributed by atoms with Crippen LogP contribution in [0.3, 0.4) is 0 Å². The summed E-state index contributed by atoms with van der Waals surface area (Å²) in [5.74, 6) is -0.166. The molecule has 1 saturated carbocycles. The van der Waals surface area contributed by atoms with Crippen molar-refractivity contribution in [2.24, 2.45) is 11.7 Å². The van der Waals surface area contributed by atoms with Gasteiger partial charge >= 0.3 is 0 Å². The van der Waals surface area contributed by atoms with E-state index in [0.717, 1.165) is 32.1 Å². The van der Waals surface area contributed by atoms with E-state index in [-0.39, 0.29) is 28.6 Å². The van der Waals surface area contributed by atoms with Crippen LogP contribution in [-0.4, -0.2) is 22.7 Å². The first-order chi connectivity index (χ1) is 7.54. The summed E-state index contributed by atoms with van der Waals surface area (Å²) in [5, 5.41) is 2.99. The van der Waals surface area contributed by atoms with Gasteiger partial charge in [0.2, 0.25) is 11.8 Å². The average Bonchev–Trinajstić information content (AvgIpc) is 2.28. The molecule has 1 rings (SSSR count). The summed E-state index contributed by atoms with van der Waals surface area (Å²) in [6.45, 7) is 1.96. The number of carbonyl (C=O) groups excluding carboxylic acids is 2. The van der Waals surface area contributed by atoms with E-state index >= 15 is 0 Å². The molecule has 1 aliphatic carbocycles. The minimum atomic E-state index is -0.211. The van der Waals surface area contributed by atoms with Gasteiger partial charge in [0, 0.05) is 12.0 Å². The lowest BCUT2D eigenvalue weighted by Crippen LogP contribution is -2.42. The second kappa shape index (κ2) is 6.23. The normalized spacial score (nSPS) is 27.1. The van der Waals surface area contributed by atoms with Crippen LogP contribution in [0.25, 0.3) is 0 Å². The van der Waals surface area contributed by atoms with Crippen LogP contribution in [0.5, 0.6) is 0 Å². The maximum Gasteiger partial charge on any atom is 0.233 e. The highest BCUT2D eigenvalue weighted by atomic mass is 79.9. The van der Waals surface area contributed by atoms with Gasteiger partial charge in [-0.1, -0.05) is 22.9 Å². The van der Waals surface area contributed by atoms with Crippen LogP contribution in [-0.2, 0) is 9.59 Å². The maximum absolute atomic E-state index is 11.6. The molecule has 2 amide bonds. The van der Waals surface area contributed by atoms with E-state index in [0.29, 0.717) is 0 Å². The number of nitrogens with one attached hydrogen (secondary N) is 1. The fourth-order valence-electron chi connectivity index (χ4n) is 2.00. The molecule has 0 aliphatic heterocycles. The van der Waals surface area contributed by atoms with Gasteiger partial charge in [0.15, 0.2) is 0 Å². The van der Waals surface area contributed by atoms with Gasteiger partial charge in [-0.15, -0.1) is 0 Å². The molecule has 0 aromatic rings. The monoisotopic (exact) mass is 290 g/mol. The summed E-state index contributed by atoms with van der Waals surface area (Å²) in [6.07, 6.45) is 4.06. The first-order valence-electron chi connectivity index (χ1n) is 5.78. The number of carbonyl (C=O) groups is 2. The highest BCUT2D eigenvalue weighted by Gasteiger charge is 2.26. The first kappa shape index (κ1) is 13.5. The molecule has 0 bridgehead atoms. The van der Waals surface area contributed by atoms with Crippen molar-refractivity contribution in [3.05, 3.63) is 0 Å². The largest absolute Gasteiger partial charge is 0.369 e. The van der Waals surface area contributed by atoms with Crippen molar-refractivity contribution in [2.75, 3.05) is 0 Å². The lowest BCUT2D eigenvalue weighted by Gasteiger charge is -2.27. The second-order valence-electron chi connectivity index (χ2n) is 4.34. The number of nitrogens with two attached hydrogens (primary N) is 1. The standard InChI is InChI=1S/C11H19BrN2O2/c1-2-9(12)11(16)14-8-5-3-7(4-6-8)10(13)15/h7-9H,2-6H2,1H3,(H2,13,15)(H,14,16).